The van der Waals surface area contributed by atoms with E-state index in [9.17, 15) is 0 Å². The summed E-state index contributed by atoms with van der Waals surface area (Å²) in [4.78, 5) is 4.51. The van der Waals surface area contributed by atoms with Crippen LogP contribution in [0.15, 0.2) is 65.8 Å². The van der Waals surface area contributed by atoms with Crippen molar-refractivity contribution >= 4 is 67.1 Å². The molecule has 0 saturated carbocycles. The first-order valence-electron chi connectivity index (χ1n) is 9.02. The number of rotatable bonds is 7. The van der Waals surface area contributed by atoms with Gasteiger partial charge in [-0.3, -0.25) is 5.43 Å². The fourth-order valence-electron chi connectivity index (χ4n) is 2.80. The SMILES string of the molecule is COc1cc(/C=N\Nc2nc3ccccc3s2)cc(I)c1OCc1ccccc1Cl. The average molecular weight is 550 g/mol. The van der Waals surface area contributed by atoms with Crippen molar-refractivity contribution in [3.63, 3.8) is 0 Å². The van der Waals surface area contributed by atoms with Gasteiger partial charge in [0.15, 0.2) is 11.5 Å². The molecule has 5 nitrogen and oxygen atoms in total. The van der Waals surface area contributed by atoms with Crippen LogP contribution >= 0.6 is 45.5 Å². The largest absolute Gasteiger partial charge is 0.493 e. The molecule has 0 bridgehead atoms. The van der Waals surface area contributed by atoms with Crippen LogP contribution in [0.4, 0.5) is 5.13 Å². The lowest BCUT2D eigenvalue weighted by Gasteiger charge is -2.14. The van der Waals surface area contributed by atoms with Crippen LogP contribution < -0.4 is 14.9 Å². The van der Waals surface area contributed by atoms with Crippen LogP contribution in [0.25, 0.3) is 10.2 Å². The van der Waals surface area contributed by atoms with E-state index in [0.717, 1.165) is 30.0 Å². The molecule has 0 aliphatic rings. The lowest BCUT2D eigenvalue weighted by Crippen LogP contribution is -2.01. The lowest BCUT2D eigenvalue weighted by atomic mass is 10.2. The highest BCUT2D eigenvalue weighted by atomic mass is 127. The molecule has 0 spiro atoms. The monoisotopic (exact) mass is 549 g/mol. The minimum absolute atomic E-state index is 0.360. The number of aromatic nitrogens is 1. The topological polar surface area (TPSA) is 55.7 Å². The number of fused-ring (bicyclic) bond motifs is 1. The molecule has 0 fully saturated rings. The van der Waals surface area contributed by atoms with Gasteiger partial charge in [0.25, 0.3) is 0 Å². The number of ether oxygens (including phenoxy) is 2. The van der Waals surface area contributed by atoms with Gasteiger partial charge >= 0.3 is 0 Å². The molecule has 1 N–H and O–H groups in total. The third-order valence-corrected chi connectivity index (χ3v) is 6.36. The number of nitrogens with one attached hydrogen (secondary N) is 1. The predicted octanol–water partition coefficient (Wildman–Crippen LogP) is 6.59. The first kappa shape index (κ1) is 20.9. The van der Waals surface area contributed by atoms with Gasteiger partial charge in [-0.05, 0) is 58.5 Å². The van der Waals surface area contributed by atoms with Gasteiger partial charge in [-0.2, -0.15) is 5.10 Å². The zero-order chi connectivity index (χ0) is 20.9. The highest BCUT2D eigenvalue weighted by Crippen LogP contribution is 2.34. The van der Waals surface area contributed by atoms with Gasteiger partial charge in [0, 0.05) is 10.6 Å². The normalized spacial score (nSPS) is 11.2. The molecule has 0 radical (unpaired) electrons. The van der Waals surface area contributed by atoms with Crippen molar-refractivity contribution < 1.29 is 9.47 Å². The number of halogens is 2. The fraction of sp³-hybridized carbons (Fsp3) is 0.0909. The number of hydrogen-bond acceptors (Lipinski definition) is 6. The van der Waals surface area contributed by atoms with E-state index in [2.05, 4.69) is 38.1 Å². The summed E-state index contributed by atoms with van der Waals surface area (Å²) in [6.07, 6.45) is 1.73. The van der Waals surface area contributed by atoms with E-state index in [-0.39, 0.29) is 0 Å². The van der Waals surface area contributed by atoms with Crippen LogP contribution in [0.5, 0.6) is 11.5 Å². The van der Waals surface area contributed by atoms with E-state index in [1.54, 1.807) is 24.7 Å². The summed E-state index contributed by atoms with van der Waals surface area (Å²) in [7, 11) is 1.62. The number of benzene rings is 3. The summed E-state index contributed by atoms with van der Waals surface area (Å²) in [5, 5.41) is 5.74. The minimum Gasteiger partial charge on any atom is -0.493 e. The molecular weight excluding hydrogens is 533 g/mol. The molecule has 0 aliphatic heterocycles. The smallest absolute Gasteiger partial charge is 0.204 e. The molecule has 0 aliphatic carbocycles. The summed E-state index contributed by atoms with van der Waals surface area (Å²) >= 11 is 10.0. The number of para-hydroxylation sites is 1. The Balaban J connectivity index is 1.48. The zero-order valence-electron chi connectivity index (χ0n) is 15.9. The van der Waals surface area contributed by atoms with Gasteiger partial charge in [-0.15, -0.1) is 0 Å². The molecule has 4 aromatic rings. The van der Waals surface area contributed by atoms with Gasteiger partial charge in [0.1, 0.15) is 6.61 Å². The van der Waals surface area contributed by atoms with Gasteiger partial charge in [-0.1, -0.05) is 53.3 Å². The Hall–Kier alpha value is -2.36. The molecule has 0 amide bonds. The number of hydrogen-bond donors (Lipinski definition) is 1. The molecule has 8 heteroatoms. The van der Waals surface area contributed by atoms with E-state index in [1.165, 1.54) is 0 Å². The van der Waals surface area contributed by atoms with Crippen molar-refractivity contribution in [1.29, 1.82) is 0 Å². The van der Waals surface area contributed by atoms with Crippen molar-refractivity contribution in [3.05, 3.63) is 80.4 Å². The molecule has 152 valence electrons. The van der Waals surface area contributed by atoms with Crippen molar-refractivity contribution in [3.8, 4) is 11.5 Å². The van der Waals surface area contributed by atoms with Gasteiger partial charge in [-0.25, -0.2) is 4.98 Å². The van der Waals surface area contributed by atoms with Crippen LogP contribution in [0, 0.1) is 3.57 Å². The first-order chi connectivity index (χ1) is 14.6. The van der Waals surface area contributed by atoms with Crippen molar-refractivity contribution in [2.75, 3.05) is 12.5 Å². The van der Waals surface area contributed by atoms with Crippen molar-refractivity contribution in [2.24, 2.45) is 5.10 Å². The third kappa shape index (κ3) is 4.85. The van der Waals surface area contributed by atoms with Crippen LogP contribution in [0.3, 0.4) is 0 Å². The van der Waals surface area contributed by atoms with Gasteiger partial charge in [0.2, 0.25) is 5.13 Å². The van der Waals surface area contributed by atoms with E-state index < -0.39 is 0 Å². The second-order valence-electron chi connectivity index (χ2n) is 6.27. The molecule has 1 aromatic heterocycles. The number of nitrogens with zero attached hydrogens (tertiary/aromatic N) is 2. The summed E-state index contributed by atoms with van der Waals surface area (Å²) in [5.41, 5.74) is 5.75. The molecule has 30 heavy (non-hydrogen) atoms. The summed E-state index contributed by atoms with van der Waals surface area (Å²) in [6.45, 7) is 0.360. The second-order valence-corrected chi connectivity index (χ2v) is 8.87. The average Bonchev–Trinajstić information content (AvgIpc) is 3.16. The van der Waals surface area contributed by atoms with Gasteiger partial charge < -0.3 is 9.47 Å². The molecule has 4 rings (SSSR count). The van der Waals surface area contributed by atoms with Gasteiger partial charge in [0.05, 0.1) is 27.1 Å². The molecule has 0 saturated heterocycles. The van der Waals surface area contributed by atoms with Crippen LogP contribution in [0.2, 0.25) is 5.02 Å². The Morgan fingerprint density at radius 3 is 2.77 bits per heavy atom. The standard InChI is InChI=1S/C22H17ClIN3O2S/c1-28-19-11-14(12-25-27-22-26-18-8-4-5-9-20(18)30-22)10-17(24)21(19)29-13-15-6-2-3-7-16(15)23/h2-12H,13H2,1H3,(H,26,27)/b25-12-. The summed E-state index contributed by atoms with van der Waals surface area (Å²) in [5.74, 6) is 1.31. The Morgan fingerprint density at radius 2 is 1.97 bits per heavy atom. The quantitative estimate of drug-likeness (QED) is 0.161. The molecule has 1 heterocycles. The Kier molecular flexibility index (Phi) is 6.71. The van der Waals surface area contributed by atoms with E-state index in [1.807, 2.05) is 60.7 Å². The number of hydrazone groups is 1. The number of methoxy groups -OCH3 is 1. The molecule has 3 aromatic carbocycles. The number of anilines is 1. The highest BCUT2D eigenvalue weighted by Gasteiger charge is 2.12. The maximum absolute atomic E-state index is 6.22. The van der Waals surface area contributed by atoms with Crippen molar-refractivity contribution in [2.45, 2.75) is 6.61 Å². The first-order valence-corrected chi connectivity index (χ1v) is 11.3. The highest BCUT2D eigenvalue weighted by molar-refractivity contribution is 14.1. The predicted molar refractivity (Wildman–Crippen MR) is 132 cm³/mol. The van der Waals surface area contributed by atoms with Crippen molar-refractivity contribution in [1.82, 2.24) is 4.98 Å². The van der Waals surface area contributed by atoms with Crippen LogP contribution in [-0.2, 0) is 6.61 Å². The van der Waals surface area contributed by atoms with E-state index >= 15 is 0 Å². The van der Waals surface area contributed by atoms with Crippen LogP contribution in [0.1, 0.15) is 11.1 Å². The summed E-state index contributed by atoms with van der Waals surface area (Å²) in [6, 6.07) is 19.5. The molecule has 0 atom stereocenters. The third-order valence-electron chi connectivity index (χ3n) is 4.25. The maximum atomic E-state index is 6.22. The maximum Gasteiger partial charge on any atom is 0.204 e. The Morgan fingerprint density at radius 1 is 1.17 bits per heavy atom. The minimum atomic E-state index is 0.360. The Bertz CT molecular complexity index is 1180. The second kappa shape index (κ2) is 9.63. The molecular formula is C22H17ClIN3O2S. The van der Waals surface area contributed by atoms with E-state index in [4.69, 9.17) is 21.1 Å². The number of thiazole rings is 1. The summed E-state index contributed by atoms with van der Waals surface area (Å²) < 4.78 is 13.6. The van der Waals surface area contributed by atoms with Crippen LogP contribution in [-0.4, -0.2) is 18.3 Å². The van der Waals surface area contributed by atoms with E-state index in [0.29, 0.717) is 23.1 Å². The zero-order valence-corrected chi connectivity index (χ0v) is 19.7. The molecule has 0 unspecified atom stereocenters. The lowest BCUT2D eigenvalue weighted by molar-refractivity contribution is 0.282. The fourth-order valence-corrected chi connectivity index (χ4v) is 4.59. The Labute approximate surface area is 196 Å².